The number of ether oxygens (including phenoxy) is 3. The molecule has 0 bridgehead atoms. The van der Waals surface area contributed by atoms with Gasteiger partial charge in [-0.1, -0.05) is 261 Å². The Hall–Kier alpha value is -3.15. The molecule has 0 rings (SSSR count). The number of hydrogen-bond donors (Lipinski definition) is 0. The van der Waals surface area contributed by atoms with Crippen LogP contribution in [0.4, 0.5) is 0 Å². The topological polar surface area (TPSA) is 78.9 Å². The average Bonchev–Trinajstić information content (AvgIpc) is 3.35. The molecule has 0 spiro atoms. The van der Waals surface area contributed by atoms with Crippen LogP contribution in [-0.4, -0.2) is 37.2 Å². The van der Waals surface area contributed by atoms with Crippen molar-refractivity contribution in [1.82, 2.24) is 0 Å². The maximum Gasteiger partial charge on any atom is 0.306 e. The molecule has 398 valence electrons. The van der Waals surface area contributed by atoms with Crippen LogP contribution in [0.15, 0.2) is 72.9 Å². The van der Waals surface area contributed by atoms with Crippen molar-refractivity contribution < 1.29 is 28.6 Å². The first-order chi connectivity index (χ1) is 34.0. The minimum Gasteiger partial charge on any atom is -0.462 e. The summed E-state index contributed by atoms with van der Waals surface area (Å²) in [6.07, 6.45) is 73.3. The van der Waals surface area contributed by atoms with Gasteiger partial charge in [0.05, 0.1) is 0 Å². The van der Waals surface area contributed by atoms with E-state index >= 15 is 0 Å². The lowest BCUT2D eigenvalue weighted by atomic mass is 10.0. The standard InChI is InChI=1S/C63H110O6/c1-4-7-10-13-16-19-22-25-28-31-34-37-40-43-46-49-52-55-61(64)67-58-60(69-63(66)57-54-51-48-45-42-39-36-33-30-27-24-21-18-15-12-9-6-3)59-68-62(65)56-53-50-47-44-41-38-35-32-29-26-23-20-17-14-11-8-5-2/h25-26,28-29,34-35,37-38,43-44,46-47,60H,4-24,27,30-33,36,39-42,45,48-59H2,1-3H3/b28-25-,29-26-,37-34-,38-35-,46-43-,47-44-. The number of allylic oxidation sites excluding steroid dienone is 12. The van der Waals surface area contributed by atoms with Crippen molar-refractivity contribution in [3.63, 3.8) is 0 Å². The fourth-order valence-electron chi connectivity index (χ4n) is 8.24. The largest absolute Gasteiger partial charge is 0.462 e. The van der Waals surface area contributed by atoms with E-state index in [0.717, 1.165) is 57.8 Å². The Bertz CT molecular complexity index is 1220. The predicted octanol–water partition coefficient (Wildman–Crippen LogP) is 19.8. The molecule has 0 fully saturated rings. The molecule has 0 heterocycles. The monoisotopic (exact) mass is 963 g/mol. The summed E-state index contributed by atoms with van der Waals surface area (Å²) in [4.78, 5) is 38.1. The Labute approximate surface area is 427 Å². The zero-order valence-electron chi connectivity index (χ0n) is 45.6. The van der Waals surface area contributed by atoms with Gasteiger partial charge in [0.15, 0.2) is 6.10 Å². The second kappa shape index (κ2) is 57.4. The summed E-state index contributed by atoms with van der Waals surface area (Å²) in [6.45, 7) is 6.57. The van der Waals surface area contributed by atoms with E-state index in [-0.39, 0.29) is 44.0 Å². The van der Waals surface area contributed by atoms with Crippen LogP contribution in [0.25, 0.3) is 0 Å². The second-order valence-corrected chi connectivity index (χ2v) is 19.6. The molecule has 0 unspecified atom stereocenters. The van der Waals surface area contributed by atoms with Crippen molar-refractivity contribution in [3.05, 3.63) is 72.9 Å². The summed E-state index contributed by atoms with van der Waals surface area (Å²) in [6, 6.07) is 0. The molecule has 0 aromatic heterocycles. The number of rotatable bonds is 53. The summed E-state index contributed by atoms with van der Waals surface area (Å²) in [5.74, 6) is -1.00. The SMILES string of the molecule is CCCCCCCC/C=C\C/C=C\C/C=C\CCCC(=O)OCC(COC(=O)CCC/C=C\C/C=C\C/C=C\CCCCCCCC)OC(=O)CCCCCCCCCCCCCCCCCCC. The van der Waals surface area contributed by atoms with Crippen LogP contribution in [0.5, 0.6) is 0 Å². The Balaban J connectivity index is 4.50. The molecule has 0 aromatic carbocycles. The highest BCUT2D eigenvalue weighted by Gasteiger charge is 2.19. The Morgan fingerprint density at radius 1 is 0.290 bits per heavy atom. The van der Waals surface area contributed by atoms with E-state index in [1.807, 2.05) is 0 Å². The summed E-state index contributed by atoms with van der Waals surface area (Å²) < 4.78 is 16.8. The van der Waals surface area contributed by atoms with Gasteiger partial charge in [-0.25, -0.2) is 0 Å². The predicted molar refractivity (Wildman–Crippen MR) is 298 cm³/mol. The van der Waals surface area contributed by atoms with Crippen molar-refractivity contribution in [2.75, 3.05) is 13.2 Å². The first-order valence-electron chi connectivity index (χ1n) is 29.4. The molecule has 0 aromatic rings. The first-order valence-corrected chi connectivity index (χ1v) is 29.4. The zero-order chi connectivity index (χ0) is 50.0. The molecular weight excluding hydrogens is 853 g/mol. The molecule has 0 saturated heterocycles. The van der Waals surface area contributed by atoms with Gasteiger partial charge in [-0.2, -0.15) is 0 Å². The zero-order valence-corrected chi connectivity index (χ0v) is 45.6. The van der Waals surface area contributed by atoms with Crippen LogP contribution in [0.2, 0.25) is 0 Å². The molecule has 0 N–H and O–H groups in total. The fourth-order valence-corrected chi connectivity index (χ4v) is 8.24. The van der Waals surface area contributed by atoms with Gasteiger partial charge in [-0.05, 0) is 83.5 Å². The lowest BCUT2D eigenvalue weighted by Gasteiger charge is -2.18. The van der Waals surface area contributed by atoms with E-state index in [4.69, 9.17) is 14.2 Å². The van der Waals surface area contributed by atoms with Crippen molar-refractivity contribution in [2.45, 2.75) is 297 Å². The molecule has 6 heteroatoms. The molecule has 0 saturated carbocycles. The summed E-state index contributed by atoms with van der Waals surface area (Å²) >= 11 is 0. The van der Waals surface area contributed by atoms with E-state index in [2.05, 4.69) is 93.7 Å². The normalized spacial score (nSPS) is 12.2. The van der Waals surface area contributed by atoms with Gasteiger partial charge < -0.3 is 14.2 Å². The highest BCUT2D eigenvalue weighted by molar-refractivity contribution is 5.71. The quantitative estimate of drug-likeness (QED) is 0.0262. The van der Waals surface area contributed by atoms with Gasteiger partial charge in [-0.15, -0.1) is 0 Å². The van der Waals surface area contributed by atoms with Crippen LogP contribution in [0.3, 0.4) is 0 Å². The second-order valence-electron chi connectivity index (χ2n) is 19.6. The summed E-state index contributed by atoms with van der Waals surface area (Å²) in [5.41, 5.74) is 0. The smallest absolute Gasteiger partial charge is 0.306 e. The van der Waals surface area contributed by atoms with Gasteiger partial charge in [0, 0.05) is 19.3 Å². The number of hydrogen-bond acceptors (Lipinski definition) is 6. The Morgan fingerprint density at radius 3 is 0.855 bits per heavy atom. The van der Waals surface area contributed by atoms with Crippen molar-refractivity contribution in [2.24, 2.45) is 0 Å². The molecule has 0 aliphatic rings. The molecule has 69 heavy (non-hydrogen) atoms. The van der Waals surface area contributed by atoms with Crippen LogP contribution in [-0.2, 0) is 28.6 Å². The van der Waals surface area contributed by atoms with Crippen LogP contribution in [0, 0.1) is 0 Å². The Kier molecular flexibility index (Phi) is 54.8. The number of esters is 3. The molecular formula is C63H110O6. The lowest BCUT2D eigenvalue weighted by molar-refractivity contribution is -0.167. The van der Waals surface area contributed by atoms with Gasteiger partial charge in [0.1, 0.15) is 13.2 Å². The van der Waals surface area contributed by atoms with Gasteiger partial charge in [-0.3, -0.25) is 14.4 Å². The van der Waals surface area contributed by atoms with Crippen LogP contribution < -0.4 is 0 Å². The molecule has 0 amide bonds. The van der Waals surface area contributed by atoms with E-state index in [9.17, 15) is 14.4 Å². The van der Waals surface area contributed by atoms with Gasteiger partial charge in [0.25, 0.3) is 0 Å². The summed E-state index contributed by atoms with van der Waals surface area (Å²) in [7, 11) is 0. The highest BCUT2D eigenvalue weighted by atomic mass is 16.6. The number of carbonyl (C=O) groups excluding carboxylic acids is 3. The molecule has 0 aliphatic carbocycles. The lowest BCUT2D eigenvalue weighted by Crippen LogP contribution is -2.30. The first kappa shape index (κ1) is 65.8. The van der Waals surface area contributed by atoms with Crippen molar-refractivity contribution >= 4 is 17.9 Å². The van der Waals surface area contributed by atoms with Crippen LogP contribution in [0.1, 0.15) is 290 Å². The average molecular weight is 964 g/mol. The Morgan fingerprint density at radius 2 is 0.536 bits per heavy atom. The maximum atomic E-state index is 12.9. The number of carbonyl (C=O) groups is 3. The highest BCUT2D eigenvalue weighted by Crippen LogP contribution is 2.16. The van der Waals surface area contributed by atoms with Gasteiger partial charge >= 0.3 is 17.9 Å². The molecule has 0 atom stereocenters. The summed E-state index contributed by atoms with van der Waals surface area (Å²) in [5, 5.41) is 0. The third-order valence-corrected chi connectivity index (χ3v) is 12.7. The third kappa shape index (κ3) is 55.6. The maximum absolute atomic E-state index is 12.9. The van der Waals surface area contributed by atoms with E-state index in [0.29, 0.717) is 19.3 Å². The van der Waals surface area contributed by atoms with Crippen LogP contribution >= 0.6 is 0 Å². The third-order valence-electron chi connectivity index (χ3n) is 12.7. The minimum atomic E-state index is -0.814. The van der Waals surface area contributed by atoms with E-state index in [1.54, 1.807) is 0 Å². The molecule has 0 aliphatic heterocycles. The minimum absolute atomic E-state index is 0.115. The number of unbranched alkanes of at least 4 members (excludes halogenated alkanes) is 30. The fraction of sp³-hybridized carbons (Fsp3) is 0.762. The van der Waals surface area contributed by atoms with Gasteiger partial charge in [0.2, 0.25) is 0 Å². The van der Waals surface area contributed by atoms with Crippen molar-refractivity contribution in [1.29, 1.82) is 0 Å². The molecule has 0 radical (unpaired) electrons. The van der Waals surface area contributed by atoms with Crippen molar-refractivity contribution in [3.8, 4) is 0 Å². The van der Waals surface area contributed by atoms with E-state index in [1.165, 1.54) is 180 Å². The molecule has 6 nitrogen and oxygen atoms in total. The van der Waals surface area contributed by atoms with E-state index < -0.39 is 6.10 Å².